The molecule has 11 nitrogen and oxygen atoms in total. The largest absolute Gasteiger partial charge is 0.497 e. The predicted octanol–water partition coefficient (Wildman–Crippen LogP) is 6.63. The molecule has 7 rings (SSSR count). The molecule has 0 saturated heterocycles. The molecule has 4 aromatic carbocycles. The molecule has 0 bridgehead atoms. The van der Waals surface area contributed by atoms with Crippen LogP contribution in [0.2, 0.25) is 0 Å². The minimum atomic E-state index is -0.505. The summed E-state index contributed by atoms with van der Waals surface area (Å²) >= 11 is 0. The number of H-pyrrole nitrogens is 1. The highest BCUT2D eigenvalue weighted by Crippen LogP contribution is 2.51. The number of amides is 2. The van der Waals surface area contributed by atoms with E-state index in [1.54, 1.807) is 33.5 Å². The first kappa shape index (κ1) is 34.2. The third-order valence-corrected chi connectivity index (χ3v) is 9.65. The lowest BCUT2D eigenvalue weighted by Gasteiger charge is -2.20. The van der Waals surface area contributed by atoms with Crippen LogP contribution in [-0.2, 0) is 29.0 Å². The van der Waals surface area contributed by atoms with Gasteiger partial charge in [-0.2, -0.15) is 0 Å². The lowest BCUT2D eigenvalue weighted by molar-refractivity contribution is -0.121. The number of hydrogen-bond donors (Lipinski definition) is 3. The van der Waals surface area contributed by atoms with Crippen LogP contribution < -0.4 is 35.0 Å². The molecule has 1 aliphatic carbocycles. The summed E-state index contributed by atoms with van der Waals surface area (Å²) in [7, 11) is 6.23. The molecule has 2 aromatic heterocycles. The van der Waals surface area contributed by atoms with Gasteiger partial charge in [0.25, 0.3) is 0 Å². The molecule has 52 heavy (non-hydrogen) atoms. The second-order valence-corrected chi connectivity index (χ2v) is 12.7. The van der Waals surface area contributed by atoms with Gasteiger partial charge in [0.1, 0.15) is 11.5 Å². The van der Waals surface area contributed by atoms with Crippen molar-refractivity contribution < 1.29 is 33.0 Å². The molecule has 2 heterocycles. The topological polar surface area (TPSA) is 141 Å². The van der Waals surface area contributed by atoms with Crippen LogP contribution in [0.5, 0.6) is 23.0 Å². The Hall–Kier alpha value is -6.23. The van der Waals surface area contributed by atoms with Crippen molar-refractivity contribution in [3.8, 4) is 45.4 Å². The summed E-state index contributed by atoms with van der Waals surface area (Å²) in [6, 6.07) is 19.9. The van der Waals surface area contributed by atoms with Gasteiger partial charge in [-0.25, -0.2) is 0 Å². The fourth-order valence-corrected chi connectivity index (χ4v) is 7.25. The molecule has 2 amide bonds. The fraction of sp³-hybridized carbons (Fsp3) is 0.244. The lowest BCUT2D eigenvalue weighted by atomic mass is 9.94. The number of furan rings is 1. The molecule has 11 heteroatoms. The number of carbonyl (C=O) groups excluding carboxylic acids is 2. The summed E-state index contributed by atoms with van der Waals surface area (Å²) in [6.45, 7) is 1.76. The summed E-state index contributed by atoms with van der Waals surface area (Å²) in [5.74, 6) is 1.86. The average molecular weight is 702 g/mol. The second-order valence-electron chi connectivity index (χ2n) is 12.7. The van der Waals surface area contributed by atoms with E-state index in [4.69, 9.17) is 23.4 Å². The van der Waals surface area contributed by atoms with Crippen LogP contribution in [0.3, 0.4) is 0 Å². The van der Waals surface area contributed by atoms with Gasteiger partial charge in [0, 0.05) is 52.6 Å². The van der Waals surface area contributed by atoms with Crippen LogP contribution in [0.1, 0.15) is 41.6 Å². The number of aryl methyl sites for hydroxylation is 1. The van der Waals surface area contributed by atoms with Gasteiger partial charge < -0.3 is 39.0 Å². The highest BCUT2D eigenvalue weighted by atomic mass is 16.5. The molecule has 0 spiro atoms. The Balaban J connectivity index is 1.45. The summed E-state index contributed by atoms with van der Waals surface area (Å²) < 4.78 is 29.3. The molecule has 0 unspecified atom stereocenters. The molecular weight excluding hydrogens is 662 g/mol. The molecule has 0 radical (unpaired) electrons. The monoisotopic (exact) mass is 701 g/mol. The van der Waals surface area contributed by atoms with E-state index in [9.17, 15) is 14.4 Å². The number of fused-ring (bicyclic) bond motifs is 5. The van der Waals surface area contributed by atoms with Crippen LogP contribution in [-0.4, -0.2) is 45.2 Å². The van der Waals surface area contributed by atoms with Crippen molar-refractivity contribution in [2.24, 2.45) is 0 Å². The minimum Gasteiger partial charge on any atom is -0.497 e. The summed E-state index contributed by atoms with van der Waals surface area (Å²) in [4.78, 5) is 43.8. The van der Waals surface area contributed by atoms with Crippen molar-refractivity contribution in [2.75, 3.05) is 28.4 Å². The van der Waals surface area contributed by atoms with Crippen LogP contribution in [0.25, 0.3) is 44.3 Å². The molecule has 6 aromatic rings. The Bertz CT molecular complexity index is 2390. The van der Waals surface area contributed by atoms with Crippen LogP contribution in [0.4, 0.5) is 0 Å². The summed E-state index contributed by atoms with van der Waals surface area (Å²) in [5.41, 5.74) is 5.66. The van der Waals surface area contributed by atoms with Crippen LogP contribution in [0, 0.1) is 0 Å². The van der Waals surface area contributed by atoms with Crippen molar-refractivity contribution in [3.05, 3.63) is 105 Å². The number of benzene rings is 3. The smallest absolute Gasteiger partial charge is 0.224 e. The molecule has 0 saturated carbocycles. The maximum atomic E-state index is 14.3. The zero-order valence-corrected chi connectivity index (χ0v) is 29.6. The minimum absolute atomic E-state index is 0.0826. The number of rotatable bonds is 10. The Morgan fingerprint density at radius 1 is 0.904 bits per heavy atom. The second kappa shape index (κ2) is 14.2. The first-order valence-corrected chi connectivity index (χ1v) is 16.9. The number of nitrogens with one attached hydrogen (secondary N) is 3. The highest BCUT2D eigenvalue weighted by Gasteiger charge is 2.31. The van der Waals surface area contributed by atoms with Gasteiger partial charge in [0.05, 0.1) is 40.9 Å². The zero-order chi connectivity index (χ0) is 36.5. The van der Waals surface area contributed by atoms with E-state index >= 15 is 0 Å². The van der Waals surface area contributed by atoms with Crippen molar-refractivity contribution in [1.82, 2.24) is 15.6 Å². The highest BCUT2D eigenvalue weighted by molar-refractivity contribution is 5.96. The molecule has 3 N–H and O–H groups in total. The Morgan fingerprint density at radius 3 is 2.40 bits per heavy atom. The number of ether oxygens (including phenoxy) is 4. The Labute approximate surface area is 299 Å². The predicted molar refractivity (Wildman–Crippen MR) is 198 cm³/mol. The normalized spacial score (nSPS) is 13.5. The summed E-state index contributed by atoms with van der Waals surface area (Å²) in [5, 5.41) is 7.61. The Morgan fingerprint density at radius 2 is 1.69 bits per heavy atom. The van der Waals surface area contributed by atoms with Gasteiger partial charge in [0.15, 0.2) is 17.1 Å². The first-order chi connectivity index (χ1) is 25.2. The van der Waals surface area contributed by atoms with E-state index in [1.807, 2.05) is 54.7 Å². The van der Waals surface area contributed by atoms with Crippen molar-refractivity contribution in [1.29, 1.82) is 0 Å². The van der Waals surface area contributed by atoms with Crippen molar-refractivity contribution in [3.63, 3.8) is 0 Å². The molecular formula is C41H39N3O8. The van der Waals surface area contributed by atoms with Crippen LogP contribution >= 0.6 is 0 Å². The van der Waals surface area contributed by atoms with E-state index in [-0.39, 0.29) is 23.8 Å². The van der Waals surface area contributed by atoms with E-state index in [2.05, 4.69) is 15.6 Å². The SMILES string of the molecule is COc1ccc(-c2oc3c(=O)cc4c(cc3c2CC(=O)NCc2cccc3[nH]ccc23)-c2c(cc(OC)c(OC)c2OC)CC[C@@H]4NC(C)=O)cc1. The fourth-order valence-electron chi connectivity index (χ4n) is 7.25. The van der Waals surface area contributed by atoms with E-state index in [0.717, 1.165) is 22.0 Å². The number of aromatic amines is 1. The van der Waals surface area contributed by atoms with Crippen molar-refractivity contribution >= 4 is 33.7 Å². The van der Waals surface area contributed by atoms with Crippen LogP contribution in [0.15, 0.2) is 82.1 Å². The van der Waals surface area contributed by atoms with E-state index in [0.29, 0.717) is 81.3 Å². The van der Waals surface area contributed by atoms with Gasteiger partial charge in [-0.15, -0.1) is 0 Å². The first-order valence-electron chi connectivity index (χ1n) is 16.9. The van der Waals surface area contributed by atoms with Gasteiger partial charge in [-0.3, -0.25) is 14.4 Å². The maximum Gasteiger partial charge on any atom is 0.224 e. The molecule has 266 valence electrons. The molecule has 1 atom stereocenters. The maximum absolute atomic E-state index is 14.3. The molecule has 1 aliphatic rings. The standard InChI is InChI=1S/C41H39N3O8/c1-22(45)44-33-14-11-24-17-35(49-3)40(50-4)41(51-5)37(24)29-18-30-31(20-36(47)43-21-25-7-6-8-32-27(25)15-16-42-32)38(23-9-12-26(48-2)13-10-23)52-39(30)34(46)19-28(29)33/h6-10,12-13,15-19,33,42H,11,14,20-21H2,1-5H3,(H,43,47)(H,44,45)/t33-/m0/s1. The van der Waals surface area contributed by atoms with Gasteiger partial charge in [0.2, 0.25) is 23.0 Å². The Kier molecular flexibility index (Phi) is 9.33. The number of carbonyl (C=O) groups is 2. The van der Waals surface area contributed by atoms with Gasteiger partial charge in [-0.05, 0) is 89.7 Å². The molecule has 0 fully saturated rings. The molecule has 0 aliphatic heterocycles. The number of aromatic nitrogens is 1. The summed E-state index contributed by atoms with van der Waals surface area (Å²) in [6.07, 6.45) is 2.83. The zero-order valence-electron chi connectivity index (χ0n) is 29.6. The van der Waals surface area contributed by atoms with Gasteiger partial charge in [-0.1, -0.05) is 12.1 Å². The van der Waals surface area contributed by atoms with E-state index < -0.39 is 11.5 Å². The quantitative estimate of drug-likeness (QED) is 0.145. The third kappa shape index (κ3) is 6.19. The van der Waals surface area contributed by atoms with E-state index in [1.165, 1.54) is 20.1 Å². The number of methoxy groups -OCH3 is 4. The third-order valence-electron chi connectivity index (χ3n) is 9.65. The number of hydrogen-bond acceptors (Lipinski definition) is 8. The van der Waals surface area contributed by atoms with Crippen molar-refractivity contribution in [2.45, 2.75) is 38.8 Å². The lowest BCUT2D eigenvalue weighted by Crippen LogP contribution is -2.26. The average Bonchev–Trinajstić information content (AvgIpc) is 3.71. The van der Waals surface area contributed by atoms with Gasteiger partial charge >= 0.3 is 0 Å².